The minimum Gasteiger partial charge on any atom is -0.326 e. The maximum absolute atomic E-state index is 13.5. The average Bonchev–Trinajstić information content (AvgIpc) is 2.63. The molecule has 140 valence electrons. The second-order valence-electron chi connectivity index (χ2n) is 9.35. The first kappa shape index (κ1) is 17.5. The van der Waals surface area contributed by atoms with Crippen LogP contribution in [0.25, 0.3) is 0 Å². The smallest absolute Gasteiger partial charge is 0.230 e. The van der Waals surface area contributed by atoms with Crippen molar-refractivity contribution in [3.8, 4) is 0 Å². The fourth-order valence-electron chi connectivity index (χ4n) is 6.57. The van der Waals surface area contributed by atoms with Crippen LogP contribution < -0.4 is 5.32 Å². The van der Waals surface area contributed by atoms with Crippen molar-refractivity contribution in [3.05, 3.63) is 64.1 Å². The van der Waals surface area contributed by atoms with Crippen LogP contribution in [0.3, 0.4) is 0 Å². The topological polar surface area (TPSA) is 29.1 Å². The second-order valence-corrected chi connectivity index (χ2v) is 10.3. The van der Waals surface area contributed by atoms with E-state index >= 15 is 0 Å². The van der Waals surface area contributed by atoms with Crippen LogP contribution >= 0.6 is 15.9 Å². The highest BCUT2D eigenvalue weighted by Crippen LogP contribution is 2.66. The zero-order chi connectivity index (χ0) is 18.6. The maximum atomic E-state index is 13.5. The van der Waals surface area contributed by atoms with Gasteiger partial charge in [0.2, 0.25) is 5.91 Å². The summed E-state index contributed by atoms with van der Waals surface area (Å²) in [5, 5.41) is 3.24. The SMILES string of the molecule is Cc1ccc(C23CC4CC(CC(C(=O)Nc5ccc(Br)cc5)(C4)C2)C3)cc1. The number of rotatable bonds is 3. The first-order valence-corrected chi connectivity index (χ1v) is 10.9. The molecule has 0 aliphatic heterocycles. The van der Waals surface area contributed by atoms with Crippen LogP contribution in [0.15, 0.2) is 53.0 Å². The summed E-state index contributed by atoms with van der Waals surface area (Å²) in [4.78, 5) is 13.5. The first-order chi connectivity index (χ1) is 13.0. The summed E-state index contributed by atoms with van der Waals surface area (Å²) in [5.74, 6) is 1.64. The van der Waals surface area contributed by atoms with Gasteiger partial charge in [-0.2, -0.15) is 0 Å². The third kappa shape index (κ3) is 2.95. The lowest BCUT2D eigenvalue weighted by Crippen LogP contribution is -2.57. The summed E-state index contributed by atoms with van der Waals surface area (Å²) < 4.78 is 1.04. The molecule has 27 heavy (non-hydrogen) atoms. The number of aryl methyl sites for hydroxylation is 1. The Bertz CT molecular complexity index is 856. The number of hydrogen-bond donors (Lipinski definition) is 1. The molecule has 2 atom stereocenters. The van der Waals surface area contributed by atoms with Crippen LogP contribution in [-0.4, -0.2) is 5.91 Å². The molecule has 0 radical (unpaired) electrons. The number of anilines is 1. The van der Waals surface area contributed by atoms with E-state index in [9.17, 15) is 4.79 Å². The predicted octanol–water partition coefficient (Wildman–Crippen LogP) is 6.23. The summed E-state index contributed by atoms with van der Waals surface area (Å²) in [6.07, 6.45) is 7.00. The van der Waals surface area contributed by atoms with E-state index in [0.29, 0.717) is 11.8 Å². The Morgan fingerprint density at radius 2 is 1.59 bits per heavy atom. The van der Waals surface area contributed by atoms with Crippen LogP contribution in [0.2, 0.25) is 0 Å². The van der Waals surface area contributed by atoms with Crippen molar-refractivity contribution < 1.29 is 4.79 Å². The van der Waals surface area contributed by atoms with Gasteiger partial charge in [0.05, 0.1) is 5.41 Å². The predicted molar refractivity (Wildman–Crippen MR) is 113 cm³/mol. The molecule has 4 saturated carbocycles. The molecule has 2 nitrogen and oxygen atoms in total. The number of halogens is 1. The number of carbonyl (C=O) groups is 1. The molecule has 6 rings (SSSR count). The molecular weight excluding hydrogens is 398 g/mol. The van der Waals surface area contributed by atoms with Gasteiger partial charge in [-0.25, -0.2) is 0 Å². The average molecular weight is 424 g/mol. The van der Waals surface area contributed by atoms with Crippen molar-refractivity contribution in [2.45, 2.75) is 50.9 Å². The zero-order valence-corrected chi connectivity index (χ0v) is 17.4. The van der Waals surface area contributed by atoms with Crippen molar-refractivity contribution in [1.82, 2.24) is 0 Å². The van der Waals surface area contributed by atoms with E-state index in [-0.39, 0.29) is 16.7 Å². The molecule has 1 N–H and O–H groups in total. The first-order valence-electron chi connectivity index (χ1n) is 10.1. The Balaban J connectivity index is 1.46. The van der Waals surface area contributed by atoms with Crippen LogP contribution in [0, 0.1) is 24.2 Å². The Morgan fingerprint density at radius 3 is 2.22 bits per heavy atom. The third-order valence-electron chi connectivity index (χ3n) is 7.31. The van der Waals surface area contributed by atoms with Gasteiger partial charge < -0.3 is 5.32 Å². The van der Waals surface area contributed by atoms with Gasteiger partial charge in [0.15, 0.2) is 0 Å². The highest BCUT2D eigenvalue weighted by Gasteiger charge is 2.60. The molecule has 4 aliphatic carbocycles. The summed E-state index contributed by atoms with van der Waals surface area (Å²) in [7, 11) is 0. The fraction of sp³-hybridized carbons (Fsp3) is 0.458. The lowest BCUT2D eigenvalue weighted by molar-refractivity contribution is -0.143. The molecule has 2 aromatic carbocycles. The van der Waals surface area contributed by atoms with Crippen molar-refractivity contribution in [2.75, 3.05) is 5.32 Å². The highest BCUT2D eigenvalue weighted by molar-refractivity contribution is 9.10. The van der Waals surface area contributed by atoms with E-state index in [1.54, 1.807) is 0 Å². The summed E-state index contributed by atoms with van der Waals surface area (Å²) in [6.45, 7) is 2.15. The van der Waals surface area contributed by atoms with Gasteiger partial charge in [-0.1, -0.05) is 45.8 Å². The monoisotopic (exact) mass is 423 g/mol. The van der Waals surface area contributed by atoms with Crippen molar-refractivity contribution in [3.63, 3.8) is 0 Å². The summed E-state index contributed by atoms with van der Waals surface area (Å²) in [5.41, 5.74) is 3.69. The van der Waals surface area contributed by atoms with E-state index < -0.39 is 0 Å². The molecule has 3 heteroatoms. The molecule has 4 aliphatic rings. The normalized spacial score (nSPS) is 33.9. The van der Waals surface area contributed by atoms with Crippen LogP contribution in [0.1, 0.15) is 49.7 Å². The van der Waals surface area contributed by atoms with E-state index in [4.69, 9.17) is 0 Å². The quantitative estimate of drug-likeness (QED) is 0.622. The fourth-order valence-corrected chi connectivity index (χ4v) is 6.83. The van der Waals surface area contributed by atoms with Gasteiger partial charge in [0, 0.05) is 10.2 Å². The lowest BCUT2D eigenvalue weighted by atomic mass is 9.42. The van der Waals surface area contributed by atoms with Crippen molar-refractivity contribution in [2.24, 2.45) is 17.3 Å². The number of carbonyl (C=O) groups excluding carboxylic acids is 1. The van der Waals surface area contributed by atoms with Crippen molar-refractivity contribution in [1.29, 1.82) is 0 Å². The Morgan fingerprint density at radius 1 is 0.963 bits per heavy atom. The van der Waals surface area contributed by atoms with Gasteiger partial charge in [0.1, 0.15) is 0 Å². The minimum absolute atomic E-state index is 0.192. The molecule has 4 bridgehead atoms. The number of hydrogen-bond acceptors (Lipinski definition) is 1. The molecule has 0 aromatic heterocycles. The number of benzene rings is 2. The van der Waals surface area contributed by atoms with Crippen LogP contribution in [0.5, 0.6) is 0 Å². The molecule has 0 heterocycles. The highest BCUT2D eigenvalue weighted by atomic mass is 79.9. The standard InChI is InChI=1S/C24H26BrNO/c1-16-2-4-19(5-3-16)23-11-17-10-18(12-23)14-24(13-17,15-23)22(27)26-21-8-6-20(25)7-9-21/h2-9,17-18H,10-15H2,1H3,(H,26,27). The van der Waals surface area contributed by atoms with E-state index in [2.05, 4.69) is 52.4 Å². The number of amides is 1. The Labute approximate surface area is 169 Å². The number of nitrogens with one attached hydrogen (secondary N) is 1. The van der Waals surface area contributed by atoms with Crippen LogP contribution in [0.4, 0.5) is 5.69 Å². The Hall–Kier alpha value is -1.61. The van der Waals surface area contributed by atoms with Gasteiger partial charge in [0.25, 0.3) is 0 Å². The third-order valence-corrected chi connectivity index (χ3v) is 7.84. The molecular formula is C24H26BrNO. The summed E-state index contributed by atoms with van der Waals surface area (Å²) in [6, 6.07) is 17.1. The van der Waals surface area contributed by atoms with Crippen molar-refractivity contribution >= 4 is 27.5 Å². The van der Waals surface area contributed by atoms with Gasteiger partial charge >= 0.3 is 0 Å². The maximum Gasteiger partial charge on any atom is 0.230 e. The van der Waals surface area contributed by atoms with Gasteiger partial charge in [-0.05, 0) is 92.5 Å². The molecule has 0 spiro atoms. The molecule has 0 saturated heterocycles. The van der Waals surface area contributed by atoms with Crippen LogP contribution in [-0.2, 0) is 10.2 Å². The lowest BCUT2D eigenvalue weighted by Gasteiger charge is -2.61. The zero-order valence-electron chi connectivity index (χ0n) is 15.8. The van der Waals surface area contributed by atoms with Gasteiger partial charge in [-0.3, -0.25) is 4.79 Å². The molecule has 2 aromatic rings. The summed E-state index contributed by atoms with van der Waals surface area (Å²) >= 11 is 3.47. The van der Waals surface area contributed by atoms with Gasteiger partial charge in [-0.15, -0.1) is 0 Å². The van der Waals surface area contributed by atoms with E-state index in [1.807, 2.05) is 24.3 Å². The molecule has 4 fully saturated rings. The van der Waals surface area contributed by atoms with E-state index in [1.165, 1.54) is 30.4 Å². The molecule has 2 unspecified atom stereocenters. The second kappa shape index (κ2) is 6.20. The van der Waals surface area contributed by atoms with E-state index in [0.717, 1.165) is 29.4 Å². The Kier molecular flexibility index (Phi) is 4.02. The molecule has 1 amide bonds. The largest absolute Gasteiger partial charge is 0.326 e. The minimum atomic E-state index is -0.192.